The number of aryl methyl sites for hydroxylation is 1. The summed E-state index contributed by atoms with van der Waals surface area (Å²) in [6.07, 6.45) is 3.67. The maximum absolute atomic E-state index is 6.00. The van der Waals surface area contributed by atoms with Gasteiger partial charge in [0.1, 0.15) is 0 Å². The van der Waals surface area contributed by atoms with Crippen LogP contribution in [0.15, 0.2) is 22.7 Å². The van der Waals surface area contributed by atoms with Gasteiger partial charge in [-0.2, -0.15) is 0 Å². The minimum atomic E-state index is 0.385. The van der Waals surface area contributed by atoms with Crippen LogP contribution in [-0.2, 0) is 11.8 Å². The molecule has 1 spiro atoms. The van der Waals surface area contributed by atoms with E-state index in [4.69, 9.17) is 5.73 Å². The lowest BCUT2D eigenvalue weighted by atomic mass is 9.98. The van der Waals surface area contributed by atoms with Gasteiger partial charge in [-0.3, -0.25) is 0 Å². The van der Waals surface area contributed by atoms with E-state index in [1.54, 1.807) is 0 Å². The molecule has 0 saturated heterocycles. The van der Waals surface area contributed by atoms with Crippen molar-refractivity contribution in [2.75, 3.05) is 0 Å². The highest BCUT2D eigenvalue weighted by molar-refractivity contribution is 9.10. The molecule has 68 valence electrons. The molecule has 0 amide bonds. The Morgan fingerprint density at radius 3 is 2.92 bits per heavy atom. The van der Waals surface area contributed by atoms with Gasteiger partial charge in [-0.1, -0.05) is 22.0 Å². The fraction of sp³-hybridized carbons (Fsp3) is 0.455. The fourth-order valence-electron chi connectivity index (χ4n) is 2.68. The average molecular weight is 238 g/mol. The van der Waals surface area contributed by atoms with Gasteiger partial charge in [0.15, 0.2) is 0 Å². The first-order valence-electron chi connectivity index (χ1n) is 4.77. The highest BCUT2D eigenvalue weighted by Crippen LogP contribution is 2.55. The van der Waals surface area contributed by atoms with E-state index < -0.39 is 0 Å². The maximum Gasteiger partial charge on any atom is 0.0178 e. The number of fused-ring (bicyclic) bond motifs is 2. The zero-order chi connectivity index (χ0) is 9.05. The van der Waals surface area contributed by atoms with Crippen molar-refractivity contribution in [3.8, 4) is 0 Å². The van der Waals surface area contributed by atoms with Crippen LogP contribution in [0.2, 0.25) is 0 Å². The molecule has 1 saturated carbocycles. The van der Waals surface area contributed by atoms with Crippen molar-refractivity contribution in [3.63, 3.8) is 0 Å². The van der Waals surface area contributed by atoms with Crippen LogP contribution in [0.1, 0.15) is 24.0 Å². The van der Waals surface area contributed by atoms with Crippen LogP contribution in [0.5, 0.6) is 0 Å². The first-order valence-corrected chi connectivity index (χ1v) is 5.56. The SMILES string of the molecule is N[C@@H]1C[C@@]12CCc1cc(Br)ccc12. The van der Waals surface area contributed by atoms with Crippen LogP contribution in [0, 0.1) is 0 Å². The lowest BCUT2D eigenvalue weighted by Gasteiger charge is -2.08. The molecule has 3 rings (SSSR count). The molecule has 0 aromatic heterocycles. The monoisotopic (exact) mass is 237 g/mol. The molecule has 1 aromatic rings. The Balaban J connectivity index is 2.13. The van der Waals surface area contributed by atoms with Crippen molar-refractivity contribution in [3.05, 3.63) is 33.8 Å². The lowest BCUT2D eigenvalue weighted by Crippen LogP contribution is -2.14. The molecule has 0 aliphatic heterocycles. The largest absolute Gasteiger partial charge is 0.327 e. The van der Waals surface area contributed by atoms with Gasteiger partial charge in [-0.15, -0.1) is 0 Å². The van der Waals surface area contributed by atoms with Crippen LogP contribution in [0.4, 0.5) is 0 Å². The Morgan fingerprint density at radius 1 is 1.46 bits per heavy atom. The first kappa shape index (κ1) is 8.01. The number of halogens is 1. The highest BCUT2D eigenvalue weighted by atomic mass is 79.9. The van der Waals surface area contributed by atoms with Crippen molar-refractivity contribution < 1.29 is 0 Å². The summed E-state index contributed by atoms with van der Waals surface area (Å²) in [4.78, 5) is 0. The molecule has 2 heteroatoms. The Hall–Kier alpha value is -0.340. The third-order valence-electron chi connectivity index (χ3n) is 3.58. The van der Waals surface area contributed by atoms with Crippen molar-refractivity contribution >= 4 is 15.9 Å². The molecule has 0 heterocycles. The summed E-state index contributed by atoms with van der Waals surface area (Å²) >= 11 is 3.51. The summed E-state index contributed by atoms with van der Waals surface area (Å²) in [6, 6.07) is 7.06. The van der Waals surface area contributed by atoms with Crippen molar-refractivity contribution in [1.29, 1.82) is 0 Å². The van der Waals surface area contributed by atoms with Crippen LogP contribution in [-0.4, -0.2) is 6.04 Å². The van der Waals surface area contributed by atoms with Gasteiger partial charge in [0, 0.05) is 15.9 Å². The second-order valence-corrected chi connectivity index (χ2v) is 5.18. The lowest BCUT2D eigenvalue weighted by molar-refractivity contribution is 0.651. The Morgan fingerprint density at radius 2 is 2.23 bits per heavy atom. The molecule has 0 unspecified atom stereocenters. The normalized spacial score (nSPS) is 35.1. The quantitative estimate of drug-likeness (QED) is 0.737. The second kappa shape index (κ2) is 2.37. The first-order chi connectivity index (χ1) is 6.22. The number of benzene rings is 1. The third kappa shape index (κ3) is 0.960. The zero-order valence-electron chi connectivity index (χ0n) is 7.39. The van der Waals surface area contributed by atoms with Gasteiger partial charge in [-0.25, -0.2) is 0 Å². The fourth-order valence-corrected chi connectivity index (χ4v) is 3.09. The molecule has 0 radical (unpaired) electrons. The topological polar surface area (TPSA) is 26.0 Å². The molecule has 2 aliphatic carbocycles. The molecule has 1 aromatic carbocycles. The van der Waals surface area contributed by atoms with Gasteiger partial charge in [0.25, 0.3) is 0 Å². The average Bonchev–Trinajstić information content (AvgIpc) is 2.59. The second-order valence-electron chi connectivity index (χ2n) is 4.27. The predicted molar refractivity (Wildman–Crippen MR) is 56.7 cm³/mol. The van der Waals surface area contributed by atoms with Crippen molar-refractivity contribution in [2.24, 2.45) is 5.73 Å². The molecule has 2 atom stereocenters. The molecule has 1 nitrogen and oxygen atoms in total. The number of rotatable bonds is 0. The summed E-state index contributed by atoms with van der Waals surface area (Å²) in [5.41, 5.74) is 9.41. The number of hydrogen-bond acceptors (Lipinski definition) is 1. The van der Waals surface area contributed by atoms with Crippen LogP contribution in [0.3, 0.4) is 0 Å². The predicted octanol–water partition coefficient (Wildman–Crippen LogP) is 2.36. The van der Waals surface area contributed by atoms with Crippen molar-refractivity contribution in [2.45, 2.75) is 30.7 Å². The Labute approximate surface area is 86.5 Å². The molecule has 1 fully saturated rings. The standard InChI is InChI=1S/C11H12BrN/c12-8-1-2-9-7(5-8)3-4-11(9)6-10(11)13/h1-2,5,10H,3-4,6,13H2/t10-,11-/m1/s1. The Bertz CT molecular complexity index is 374. The van der Waals surface area contributed by atoms with E-state index in [0.29, 0.717) is 11.5 Å². The van der Waals surface area contributed by atoms with E-state index in [1.807, 2.05) is 0 Å². The van der Waals surface area contributed by atoms with Crippen LogP contribution in [0.25, 0.3) is 0 Å². The van der Waals surface area contributed by atoms with Gasteiger partial charge >= 0.3 is 0 Å². The van der Waals surface area contributed by atoms with Gasteiger partial charge < -0.3 is 5.73 Å². The summed E-state index contributed by atoms with van der Waals surface area (Å²) in [5, 5.41) is 0. The smallest absolute Gasteiger partial charge is 0.0178 e. The third-order valence-corrected chi connectivity index (χ3v) is 4.07. The zero-order valence-corrected chi connectivity index (χ0v) is 8.97. The van der Waals surface area contributed by atoms with E-state index in [9.17, 15) is 0 Å². The molecule has 13 heavy (non-hydrogen) atoms. The molecular weight excluding hydrogens is 226 g/mol. The van der Waals surface area contributed by atoms with E-state index >= 15 is 0 Å². The van der Waals surface area contributed by atoms with E-state index in [2.05, 4.69) is 34.1 Å². The summed E-state index contributed by atoms with van der Waals surface area (Å²) < 4.78 is 1.19. The summed E-state index contributed by atoms with van der Waals surface area (Å²) in [6.45, 7) is 0. The van der Waals surface area contributed by atoms with Crippen molar-refractivity contribution in [1.82, 2.24) is 0 Å². The van der Waals surface area contributed by atoms with E-state index in [0.717, 1.165) is 0 Å². The molecule has 2 aliphatic rings. The molecular formula is C11H12BrN. The Kier molecular flexibility index (Phi) is 1.46. The van der Waals surface area contributed by atoms with E-state index in [1.165, 1.54) is 34.9 Å². The number of nitrogens with two attached hydrogens (primary N) is 1. The minimum absolute atomic E-state index is 0.385. The van der Waals surface area contributed by atoms with Gasteiger partial charge in [-0.05, 0) is 42.5 Å². The molecule has 2 N–H and O–H groups in total. The highest BCUT2D eigenvalue weighted by Gasteiger charge is 2.55. The summed E-state index contributed by atoms with van der Waals surface area (Å²) in [5.74, 6) is 0. The van der Waals surface area contributed by atoms with Crippen LogP contribution < -0.4 is 5.73 Å². The van der Waals surface area contributed by atoms with Crippen LogP contribution >= 0.6 is 15.9 Å². The van der Waals surface area contributed by atoms with Gasteiger partial charge in [0.05, 0.1) is 0 Å². The maximum atomic E-state index is 6.00. The summed E-state index contributed by atoms with van der Waals surface area (Å²) in [7, 11) is 0. The minimum Gasteiger partial charge on any atom is -0.327 e. The van der Waals surface area contributed by atoms with E-state index in [-0.39, 0.29) is 0 Å². The number of hydrogen-bond donors (Lipinski definition) is 1. The molecule has 0 bridgehead atoms. The van der Waals surface area contributed by atoms with Gasteiger partial charge in [0.2, 0.25) is 0 Å².